The second kappa shape index (κ2) is 14.0. The Bertz CT molecular complexity index is 120. The third-order valence-electron chi connectivity index (χ3n) is 0.928. The fourth-order valence-corrected chi connectivity index (χ4v) is 0.428. The molecule has 0 saturated carbocycles. The first-order valence-electron chi connectivity index (χ1n) is 3.98. The van der Waals surface area contributed by atoms with Gasteiger partial charge in [-0.2, -0.15) is 0 Å². The number of carboxylic acid groups (broad SMARTS) is 2. The predicted molar refractivity (Wildman–Crippen MR) is 45.1 cm³/mol. The Hall–Kier alpha value is -0.541. The fourth-order valence-electron chi connectivity index (χ4n) is 0.428. The third kappa shape index (κ3) is 34.4. The Morgan fingerprint density at radius 2 is 1.15 bits per heavy atom. The number of carbonyl (C=O) groups is 2. The molecular formula is C8H16CuO4. The summed E-state index contributed by atoms with van der Waals surface area (Å²) < 4.78 is 0. The average molecular weight is 240 g/mol. The molecule has 2 N–H and O–H groups in total. The summed E-state index contributed by atoms with van der Waals surface area (Å²) in [7, 11) is 0. The van der Waals surface area contributed by atoms with E-state index in [1.807, 2.05) is 13.8 Å². The molecule has 13 heavy (non-hydrogen) atoms. The van der Waals surface area contributed by atoms with E-state index < -0.39 is 11.9 Å². The van der Waals surface area contributed by atoms with Crippen molar-refractivity contribution in [3.8, 4) is 0 Å². The molecule has 0 aliphatic carbocycles. The van der Waals surface area contributed by atoms with Gasteiger partial charge in [0.2, 0.25) is 0 Å². The van der Waals surface area contributed by atoms with E-state index in [1.54, 1.807) is 0 Å². The Morgan fingerprint density at radius 1 is 0.923 bits per heavy atom. The number of rotatable bonds is 4. The molecule has 0 aromatic carbocycles. The minimum atomic E-state index is -0.711. The molecule has 0 bridgehead atoms. The monoisotopic (exact) mass is 239 g/mol. The summed E-state index contributed by atoms with van der Waals surface area (Å²) in [6.07, 6.45) is 2.05. The van der Waals surface area contributed by atoms with Crippen molar-refractivity contribution in [1.29, 1.82) is 0 Å². The summed E-state index contributed by atoms with van der Waals surface area (Å²) in [5.41, 5.74) is 0. The van der Waals surface area contributed by atoms with Crippen LogP contribution >= 0.6 is 0 Å². The molecule has 1 radical (unpaired) electrons. The van der Waals surface area contributed by atoms with Crippen molar-refractivity contribution < 1.29 is 36.9 Å². The molecule has 0 atom stereocenters. The molecule has 0 fully saturated rings. The van der Waals surface area contributed by atoms with E-state index in [0.29, 0.717) is 12.8 Å². The third-order valence-corrected chi connectivity index (χ3v) is 0.928. The summed E-state index contributed by atoms with van der Waals surface area (Å²) in [6.45, 7) is 3.68. The summed E-state index contributed by atoms with van der Waals surface area (Å²) in [5, 5.41) is 15.8. The molecule has 0 aromatic heterocycles. The van der Waals surface area contributed by atoms with Gasteiger partial charge >= 0.3 is 11.9 Å². The number of carboxylic acids is 2. The van der Waals surface area contributed by atoms with Gasteiger partial charge in [-0.15, -0.1) is 0 Å². The van der Waals surface area contributed by atoms with Crippen LogP contribution in [0.3, 0.4) is 0 Å². The van der Waals surface area contributed by atoms with Crippen LogP contribution < -0.4 is 0 Å². The second-order valence-corrected chi connectivity index (χ2v) is 2.29. The standard InChI is InChI=1S/2C4H8O2.Cu/c2*1-2-3-4(5)6;/h2*2-3H2,1H3,(H,5,6);. The van der Waals surface area contributed by atoms with Crippen LogP contribution in [0.2, 0.25) is 0 Å². The maximum Gasteiger partial charge on any atom is 0.303 e. The van der Waals surface area contributed by atoms with Crippen LogP contribution in [0.15, 0.2) is 0 Å². The number of aliphatic carboxylic acids is 2. The van der Waals surface area contributed by atoms with Crippen LogP contribution in [0.1, 0.15) is 39.5 Å². The van der Waals surface area contributed by atoms with Gasteiger partial charge in [-0.1, -0.05) is 13.8 Å². The van der Waals surface area contributed by atoms with Gasteiger partial charge in [0.15, 0.2) is 0 Å². The van der Waals surface area contributed by atoms with E-state index in [2.05, 4.69) is 0 Å². The Balaban J connectivity index is -0.000000143. The minimum absolute atomic E-state index is 0. The first kappa shape index (κ1) is 18.3. The minimum Gasteiger partial charge on any atom is -0.481 e. The number of hydrogen-bond acceptors (Lipinski definition) is 2. The first-order valence-corrected chi connectivity index (χ1v) is 3.98. The van der Waals surface area contributed by atoms with Crippen molar-refractivity contribution in [3.63, 3.8) is 0 Å². The van der Waals surface area contributed by atoms with Gasteiger partial charge in [-0.05, 0) is 12.8 Å². The molecule has 0 amide bonds. The molecule has 0 spiro atoms. The maximum absolute atomic E-state index is 9.60. The van der Waals surface area contributed by atoms with Crippen LogP contribution in [-0.4, -0.2) is 22.2 Å². The van der Waals surface area contributed by atoms with E-state index in [0.717, 1.165) is 12.8 Å². The second-order valence-electron chi connectivity index (χ2n) is 2.29. The van der Waals surface area contributed by atoms with Crippen molar-refractivity contribution in [2.45, 2.75) is 39.5 Å². The van der Waals surface area contributed by atoms with Crippen LogP contribution in [-0.2, 0) is 26.7 Å². The Morgan fingerprint density at radius 3 is 1.15 bits per heavy atom. The zero-order chi connectivity index (χ0) is 9.98. The maximum atomic E-state index is 9.60. The molecule has 0 rings (SSSR count). The summed E-state index contributed by atoms with van der Waals surface area (Å²) in [6, 6.07) is 0. The average Bonchev–Trinajstić information content (AvgIpc) is 1.87. The van der Waals surface area contributed by atoms with Gasteiger partial charge in [0, 0.05) is 29.9 Å². The van der Waals surface area contributed by atoms with Crippen LogP contribution in [0.4, 0.5) is 0 Å². The first-order chi connectivity index (χ1) is 5.54. The molecule has 0 unspecified atom stereocenters. The van der Waals surface area contributed by atoms with Gasteiger partial charge in [0.25, 0.3) is 0 Å². The Kier molecular flexibility index (Phi) is 19.7. The molecule has 0 heterocycles. The zero-order valence-corrected chi connectivity index (χ0v) is 8.78. The van der Waals surface area contributed by atoms with Crippen LogP contribution in [0, 0.1) is 0 Å². The normalized spacial score (nSPS) is 7.54. The molecule has 0 aliphatic heterocycles. The molecule has 83 valence electrons. The van der Waals surface area contributed by atoms with Crippen molar-refractivity contribution in [2.75, 3.05) is 0 Å². The fraction of sp³-hybridized carbons (Fsp3) is 0.750. The van der Waals surface area contributed by atoms with Crippen LogP contribution in [0.5, 0.6) is 0 Å². The van der Waals surface area contributed by atoms with Gasteiger partial charge in [-0.3, -0.25) is 9.59 Å². The molecule has 0 aliphatic rings. The summed E-state index contributed by atoms with van der Waals surface area (Å²) >= 11 is 0. The molecule has 0 saturated heterocycles. The van der Waals surface area contributed by atoms with E-state index in [9.17, 15) is 9.59 Å². The largest absolute Gasteiger partial charge is 0.481 e. The van der Waals surface area contributed by atoms with Gasteiger partial charge < -0.3 is 10.2 Å². The zero-order valence-electron chi connectivity index (χ0n) is 7.84. The quantitative estimate of drug-likeness (QED) is 0.733. The van der Waals surface area contributed by atoms with E-state index in [1.165, 1.54) is 0 Å². The molecule has 5 heteroatoms. The van der Waals surface area contributed by atoms with Crippen molar-refractivity contribution in [3.05, 3.63) is 0 Å². The Labute approximate surface area is 88.8 Å². The number of hydrogen-bond donors (Lipinski definition) is 2. The van der Waals surface area contributed by atoms with Crippen molar-refractivity contribution >= 4 is 11.9 Å². The molecule has 0 aromatic rings. The van der Waals surface area contributed by atoms with Crippen LogP contribution in [0.25, 0.3) is 0 Å². The molecular weight excluding hydrogens is 224 g/mol. The topological polar surface area (TPSA) is 74.6 Å². The van der Waals surface area contributed by atoms with E-state index in [-0.39, 0.29) is 17.1 Å². The smallest absolute Gasteiger partial charge is 0.303 e. The summed E-state index contributed by atoms with van der Waals surface area (Å²) in [4.78, 5) is 19.2. The van der Waals surface area contributed by atoms with E-state index in [4.69, 9.17) is 10.2 Å². The van der Waals surface area contributed by atoms with Crippen molar-refractivity contribution in [1.82, 2.24) is 0 Å². The van der Waals surface area contributed by atoms with E-state index >= 15 is 0 Å². The summed E-state index contributed by atoms with van der Waals surface area (Å²) in [5.74, 6) is -1.42. The predicted octanol–water partition coefficient (Wildman–Crippen LogP) is 1.74. The van der Waals surface area contributed by atoms with Gasteiger partial charge in [-0.25, -0.2) is 0 Å². The SMILES string of the molecule is CCCC(=O)O.CCCC(=O)O.[Cu]. The van der Waals surface area contributed by atoms with Crippen molar-refractivity contribution in [2.24, 2.45) is 0 Å². The van der Waals surface area contributed by atoms with Gasteiger partial charge in [0.1, 0.15) is 0 Å². The van der Waals surface area contributed by atoms with Gasteiger partial charge in [0.05, 0.1) is 0 Å². The molecule has 4 nitrogen and oxygen atoms in total.